The van der Waals surface area contributed by atoms with Crippen molar-refractivity contribution in [3.63, 3.8) is 0 Å². The van der Waals surface area contributed by atoms with Crippen molar-refractivity contribution >= 4 is 0 Å². The molecule has 1 aromatic rings. The standard InChI is InChI=1S/C16H21NO/c18-13(10-4-2-1-3-5-10)9-17-16-14-11-6-7-12(8-11)15(14)16/h1-5,11-18H,6-9H2. The highest BCUT2D eigenvalue weighted by Gasteiger charge is 2.64. The first kappa shape index (κ1) is 11.0. The number of rotatable bonds is 4. The minimum atomic E-state index is -0.356. The molecule has 96 valence electrons. The summed E-state index contributed by atoms with van der Waals surface area (Å²) >= 11 is 0. The fraction of sp³-hybridized carbons (Fsp3) is 0.625. The number of aliphatic hydroxyl groups is 1. The Balaban J connectivity index is 1.33. The lowest BCUT2D eigenvalue weighted by molar-refractivity contribution is 0.172. The van der Waals surface area contributed by atoms with Gasteiger partial charge in [-0.2, -0.15) is 0 Å². The van der Waals surface area contributed by atoms with E-state index in [0.29, 0.717) is 6.54 Å². The van der Waals surface area contributed by atoms with Gasteiger partial charge in [-0.15, -0.1) is 0 Å². The fourth-order valence-corrected chi connectivity index (χ4v) is 4.64. The maximum atomic E-state index is 10.1. The molecule has 1 aromatic carbocycles. The molecule has 3 aliphatic rings. The first-order valence-corrected chi connectivity index (χ1v) is 7.31. The minimum Gasteiger partial charge on any atom is -0.387 e. The lowest BCUT2D eigenvalue weighted by Gasteiger charge is -2.14. The van der Waals surface area contributed by atoms with Gasteiger partial charge in [0.1, 0.15) is 0 Å². The molecule has 3 fully saturated rings. The van der Waals surface area contributed by atoms with E-state index < -0.39 is 0 Å². The van der Waals surface area contributed by atoms with Gasteiger partial charge in [-0.1, -0.05) is 30.3 Å². The predicted molar refractivity (Wildman–Crippen MR) is 71.0 cm³/mol. The maximum Gasteiger partial charge on any atom is 0.0914 e. The van der Waals surface area contributed by atoms with Crippen LogP contribution in [0.25, 0.3) is 0 Å². The molecule has 2 N–H and O–H groups in total. The molecule has 0 radical (unpaired) electrons. The van der Waals surface area contributed by atoms with Gasteiger partial charge in [0.15, 0.2) is 0 Å². The molecule has 0 spiro atoms. The molecule has 5 atom stereocenters. The van der Waals surface area contributed by atoms with Gasteiger partial charge in [0.25, 0.3) is 0 Å². The third-order valence-corrected chi connectivity index (χ3v) is 5.47. The second-order valence-corrected chi connectivity index (χ2v) is 6.35. The number of benzene rings is 1. The largest absolute Gasteiger partial charge is 0.387 e. The maximum absolute atomic E-state index is 10.1. The smallest absolute Gasteiger partial charge is 0.0914 e. The van der Waals surface area contributed by atoms with E-state index in [4.69, 9.17) is 0 Å². The van der Waals surface area contributed by atoms with E-state index in [0.717, 1.165) is 35.3 Å². The minimum absolute atomic E-state index is 0.356. The van der Waals surface area contributed by atoms with Crippen LogP contribution in [0.5, 0.6) is 0 Å². The molecule has 0 saturated heterocycles. The van der Waals surface area contributed by atoms with Gasteiger partial charge in [0, 0.05) is 12.6 Å². The monoisotopic (exact) mass is 243 g/mol. The highest BCUT2D eigenvalue weighted by Crippen LogP contribution is 2.65. The number of aliphatic hydroxyl groups excluding tert-OH is 1. The molecule has 4 rings (SSSR count). The number of nitrogens with one attached hydrogen (secondary N) is 1. The van der Waals surface area contributed by atoms with Crippen LogP contribution in [0.2, 0.25) is 0 Å². The lowest BCUT2D eigenvalue weighted by atomic mass is 10.0. The van der Waals surface area contributed by atoms with Crippen LogP contribution in [-0.4, -0.2) is 17.7 Å². The number of fused-ring (bicyclic) bond motifs is 5. The Bertz CT molecular complexity index is 416. The van der Waals surface area contributed by atoms with Gasteiger partial charge in [-0.25, -0.2) is 0 Å². The molecule has 2 bridgehead atoms. The first-order chi connectivity index (χ1) is 8.84. The van der Waals surface area contributed by atoms with Gasteiger partial charge < -0.3 is 10.4 Å². The first-order valence-electron chi connectivity index (χ1n) is 7.31. The summed E-state index contributed by atoms with van der Waals surface area (Å²) in [5.41, 5.74) is 1.03. The molecule has 3 aliphatic carbocycles. The zero-order valence-electron chi connectivity index (χ0n) is 10.6. The van der Waals surface area contributed by atoms with Crippen LogP contribution in [0, 0.1) is 23.7 Å². The molecule has 5 unspecified atom stereocenters. The summed E-state index contributed by atoms with van der Waals surface area (Å²) in [6, 6.07) is 10.7. The van der Waals surface area contributed by atoms with Crippen LogP contribution >= 0.6 is 0 Å². The van der Waals surface area contributed by atoms with Crippen molar-refractivity contribution in [3.05, 3.63) is 35.9 Å². The molecule has 0 amide bonds. The van der Waals surface area contributed by atoms with Crippen molar-refractivity contribution in [1.82, 2.24) is 5.32 Å². The summed E-state index contributed by atoms with van der Waals surface area (Å²) in [5.74, 6) is 3.91. The van der Waals surface area contributed by atoms with E-state index in [1.807, 2.05) is 30.3 Å². The topological polar surface area (TPSA) is 32.3 Å². The summed E-state index contributed by atoms with van der Waals surface area (Å²) in [7, 11) is 0. The van der Waals surface area contributed by atoms with E-state index in [1.165, 1.54) is 19.3 Å². The van der Waals surface area contributed by atoms with Crippen LogP contribution in [0.15, 0.2) is 30.3 Å². The van der Waals surface area contributed by atoms with E-state index in [9.17, 15) is 5.11 Å². The van der Waals surface area contributed by atoms with Gasteiger partial charge >= 0.3 is 0 Å². The lowest BCUT2D eigenvalue weighted by Crippen LogP contribution is -2.27. The van der Waals surface area contributed by atoms with Crippen LogP contribution < -0.4 is 5.32 Å². The SMILES string of the molecule is OC(CNC1C2C3CCC(C3)C12)c1ccccc1. The van der Waals surface area contributed by atoms with Gasteiger partial charge in [0.05, 0.1) is 6.10 Å². The highest BCUT2D eigenvalue weighted by atomic mass is 16.3. The molecule has 18 heavy (non-hydrogen) atoms. The van der Waals surface area contributed by atoms with Crippen molar-refractivity contribution in [3.8, 4) is 0 Å². The molecular weight excluding hydrogens is 222 g/mol. The Hall–Kier alpha value is -0.860. The van der Waals surface area contributed by atoms with Crippen LogP contribution in [0.4, 0.5) is 0 Å². The van der Waals surface area contributed by atoms with E-state index >= 15 is 0 Å². The van der Waals surface area contributed by atoms with Crippen molar-refractivity contribution in [2.75, 3.05) is 6.54 Å². The second-order valence-electron chi connectivity index (χ2n) is 6.35. The second kappa shape index (κ2) is 4.07. The zero-order chi connectivity index (χ0) is 12.1. The Kier molecular flexibility index (Phi) is 2.49. The summed E-state index contributed by atoms with van der Waals surface area (Å²) < 4.78 is 0. The van der Waals surface area contributed by atoms with E-state index in [-0.39, 0.29) is 6.10 Å². The van der Waals surface area contributed by atoms with Gasteiger partial charge in [-0.3, -0.25) is 0 Å². The third kappa shape index (κ3) is 1.63. The number of hydrogen-bond acceptors (Lipinski definition) is 2. The van der Waals surface area contributed by atoms with Crippen LogP contribution in [-0.2, 0) is 0 Å². The average Bonchev–Trinajstić information content (AvgIpc) is 2.81. The summed E-state index contributed by atoms with van der Waals surface area (Å²) in [4.78, 5) is 0. The third-order valence-electron chi connectivity index (χ3n) is 5.47. The molecular formula is C16H21NO. The molecule has 2 nitrogen and oxygen atoms in total. The Morgan fingerprint density at radius 1 is 1.11 bits per heavy atom. The van der Waals surface area contributed by atoms with Crippen molar-refractivity contribution < 1.29 is 5.11 Å². The Morgan fingerprint density at radius 3 is 2.44 bits per heavy atom. The van der Waals surface area contributed by atoms with E-state index in [2.05, 4.69) is 5.32 Å². The quantitative estimate of drug-likeness (QED) is 0.851. The van der Waals surface area contributed by atoms with Crippen LogP contribution in [0.3, 0.4) is 0 Å². The average molecular weight is 243 g/mol. The predicted octanol–water partition coefficient (Wildman–Crippen LogP) is 2.35. The normalized spacial score (nSPS) is 41.7. The molecule has 2 heteroatoms. The molecule has 0 aromatic heterocycles. The summed E-state index contributed by atoms with van der Waals surface area (Å²) in [5, 5.41) is 13.8. The summed E-state index contributed by atoms with van der Waals surface area (Å²) in [6.45, 7) is 0.709. The summed E-state index contributed by atoms with van der Waals surface area (Å²) in [6.07, 6.45) is 4.07. The number of hydrogen-bond donors (Lipinski definition) is 2. The van der Waals surface area contributed by atoms with Crippen LogP contribution in [0.1, 0.15) is 30.9 Å². The highest BCUT2D eigenvalue weighted by molar-refractivity contribution is 5.19. The molecule has 3 saturated carbocycles. The Morgan fingerprint density at radius 2 is 1.78 bits per heavy atom. The Labute approximate surface area is 108 Å². The van der Waals surface area contributed by atoms with Gasteiger partial charge in [0.2, 0.25) is 0 Å². The van der Waals surface area contributed by atoms with Crippen molar-refractivity contribution in [1.29, 1.82) is 0 Å². The van der Waals surface area contributed by atoms with Crippen molar-refractivity contribution in [2.24, 2.45) is 23.7 Å². The van der Waals surface area contributed by atoms with Crippen molar-refractivity contribution in [2.45, 2.75) is 31.4 Å². The molecule has 0 heterocycles. The fourth-order valence-electron chi connectivity index (χ4n) is 4.64. The zero-order valence-corrected chi connectivity index (χ0v) is 10.6. The van der Waals surface area contributed by atoms with Gasteiger partial charge in [-0.05, 0) is 48.5 Å². The van der Waals surface area contributed by atoms with E-state index in [1.54, 1.807) is 0 Å². The molecule has 0 aliphatic heterocycles.